The molecule has 0 unspecified atom stereocenters. The third-order valence-electron chi connectivity index (χ3n) is 2.05. The normalized spacial score (nSPS) is 11.7. The van der Waals surface area contributed by atoms with Gasteiger partial charge in [0.1, 0.15) is 0 Å². The molecule has 18 heavy (non-hydrogen) atoms. The number of rotatable bonds is 8. The van der Waals surface area contributed by atoms with Crippen LogP contribution in [-0.4, -0.2) is 24.2 Å². The molecule has 0 aromatic carbocycles. The smallest absolute Gasteiger partial charge is 0.357 e. The van der Waals surface area contributed by atoms with Crippen LogP contribution in [0.25, 0.3) is 0 Å². The minimum Gasteiger partial charge on any atom is -0.461 e. The number of carbonyl (C=O) groups is 2. The Morgan fingerprint density at radius 2 is 1.94 bits per heavy atom. The minimum atomic E-state index is -0.583. The Balaban J connectivity index is 4.72. The summed E-state index contributed by atoms with van der Waals surface area (Å²) in [6.45, 7) is 5.87. The zero-order valence-corrected chi connectivity index (χ0v) is 12.1. The Morgan fingerprint density at radius 1 is 1.28 bits per heavy atom. The Bertz CT molecular complexity index is 316. The fourth-order valence-corrected chi connectivity index (χ4v) is 1.77. The van der Waals surface area contributed by atoms with Crippen LogP contribution in [-0.2, 0) is 14.3 Å². The molecule has 5 nitrogen and oxygen atoms in total. The van der Waals surface area contributed by atoms with Gasteiger partial charge in [-0.25, -0.2) is 4.79 Å². The van der Waals surface area contributed by atoms with E-state index in [-0.39, 0.29) is 18.2 Å². The number of esters is 1. The van der Waals surface area contributed by atoms with Crippen LogP contribution in [0.3, 0.4) is 0 Å². The van der Waals surface area contributed by atoms with Crippen molar-refractivity contribution >= 4 is 23.6 Å². The average molecular weight is 274 g/mol. The maximum absolute atomic E-state index is 11.7. The number of carbonyl (C=O) groups excluding carboxylic acids is 2. The van der Waals surface area contributed by atoms with Gasteiger partial charge in [0.15, 0.2) is 5.70 Å². The topological polar surface area (TPSA) is 81.4 Å². The zero-order chi connectivity index (χ0) is 14.0. The number of hydrogen-bond acceptors (Lipinski definition) is 5. The molecule has 0 bridgehead atoms. The summed E-state index contributed by atoms with van der Waals surface area (Å²) >= 11 is 1.30. The molecule has 0 spiro atoms. The number of unbranched alkanes of at least 4 members (excludes halogenated alkanes) is 1. The summed E-state index contributed by atoms with van der Waals surface area (Å²) in [5.41, 5.74) is 5.82. The Morgan fingerprint density at radius 3 is 2.44 bits per heavy atom. The van der Waals surface area contributed by atoms with Crippen LogP contribution in [0, 0.1) is 0 Å². The van der Waals surface area contributed by atoms with Gasteiger partial charge in [-0.3, -0.25) is 4.79 Å². The monoisotopic (exact) mass is 274 g/mol. The van der Waals surface area contributed by atoms with Gasteiger partial charge < -0.3 is 15.8 Å². The highest BCUT2D eigenvalue weighted by Gasteiger charge is 2.17. The molecule has 0 saturated carbocycles. The first-order valence-corrected chi connectivity index (χ1v) is 7.14. The van der Waals surface area contributed by atoms with Crippen LogP contribution >= 0.6 is 11.8 Å². The molecule has 0 saturated heterocycles. The fraction of sp³-hybridized carbons (Fsp3) is 0.667. The second-order valence-corrected chi connectivity index (χ2v) is 4.85. The Kier molecular flexibility index (Phi) is 9.18. The number of nitrogens with one attached hydrogen (secondary N) is 1. The van der Waals surface area contributed by atoms with Gasteiger partial charge in [-0.15, -0.1) is 11.8 Å². The van der Waals surface area contributed by atoms with Crippen molar-refractivity contribution in [1.29, 1.82) is 0 Å². The fourth-order valence-electron chi connectivity index (χ4n) is 1.18. The quantitative estimate of drug-likeness (QED) is 0.520. The van der Waals surface area contributed by atoms with Gasteiger partial charge in [0.05, 0.1) is 11.6 Å². The second-order valence-electron chi connectivity index (χ2n) is 3.54. The lowest BCUT2D eigenvalue weighted by Gasteiger charge is -2.11. The number of nitrogens with two attached hydrogens (primary N) is 1. The first-order chi connectivity index (χ1) is 8.56. The lowest BCUT2D eigenvalue weighted by molar-refractivity contribution is -0.140. The van der Waals surface area contributed by atoms with E-state index in [9.17, 15) is 9.59 Å². The van der Waals surface area contributed by atoms with Crippen molar-refractivity contribution in [2.24, 2.45) is 5.73 Å². The number of thioether (sulfide) groups is 1. The van der Waals surface area contributed by atoms with E-state index in [4.69, 9.17) is 10.5 Å². The Hall–Kier alpha value is -1.17. The summed E-state index contributed by atoms with van der Waals surface area (Å²) in [5.74, 6) is -0.0695. The van der Waals surface area contributed by atoms with E-state index in [1.807, 2.05) is 13.8 Å². The van der Waals surface area contributed by atoms with Gasteiger partial charge in [0.2, 0.25) is 5.91 Å². The molecular formula is C12H22N2O3S. The predicted molar refractivity (Wildman–Crippen MR) is 73.6 cm³/mol. The van der Waals surface area contributed by atoms with Gasteiger partial charge in [0, 0.05) is 6.42 Å². The molecule has 6 heteroatoms. The highest BCUT2D eigenvalue weighted by molar-refractivity contribution is 8.03. The van der Waals surface area contributed by atoms with Gasteiger partial charge in [-0.05, 0) is 19.1 Å². The van der Waals surface area contributed by atoms with Crippen molar-refractivity contribution in [3.63, 3.8) is 0 Å². The van der Waals surface area contributed by atoms with E-state index in [0.29, 0.717) is 11.4 Å². The first-order valence-electron chi connectivity index (χ1n) is 6.16. The van der Waals surface area contributed by atoms with Crippen molar-refractivity contribution < 1.29 is 14.3 Å². The van der Waals surface area contributed by atoms with Crippen LogP contribution in [0.2, 0.25) is 0 Å². The lowest BCUT2D eigenvalue weighted by Crippen LogP contribution is -2.31. The molecule has 104 valence electrons. The molecule has 0 fully saturated rings. The number of hydrogen-bond donors (Lipinski definition) is 2. The molecule has 0 atom stereocenters. The van der Waals surface area contributed by atoms with Crippen LogP contribution in [0.4, 0.5) is 0 Å². The van der Waals surface area contributed by atoms with Crippen molar-refractivity contribution in [3.05, 3.63) is 10.7 Å². The third-order valence-corrected chi connectivity index (χ3v) is 2.85. The van der Waals surface area contributed by atoms with Crippen molar-refractivity contribution in [2.75, 3.05) is 12.4 Å². The van der Waals surface area contributed by atoms with Crippen molar-refractivity contribution in [1.82, 2.24) is 5.32 Å². The third kappa shape index (κ3) is 6.54. The van der Waals surface area contributed by atoms with E-state index >= 15 is 0 Å². The van der Waals surface area contributed by atoms with Crippen LogP contribution in [0.15, 0.2) is 10.7 Å². The number of ether oxygens (including phenoxy) is 1. The predicted octanol–water partition coefficient (Wildman–Crippen LogP) is 1.74. The van der Waals surface area contributed by atoms with Crippen LogP contribution in [0.5, 0.6) is 0 Å². The van der Waals surface area contributed by atoms with E-state index in [2.05, 4.69) is 5.32 Å². The first kappa shape index (κ1) is 16.8. The largest absolute Gasteiger partial charge is 0.461 e. The van der Waals surface area contributed by atoms with Crippen LogP contribution < -0.4 is 11.1 Å². The van der Waals surface area contributed by atoms with E-state index < -0.39 is 5.97 Å². The van der Waals surface area contributed by atoms with Crippen molar-refractivity contribution in [2.45, 2.75) is 40.0 Å². The summed E-state index contributed by atoms with van der Waals surface area (Å²) < 4.78 is 4.87. The lowest BCUT2D eigenvalue weighted by atomic mass is 10.2. The molecule has 0 aromatic rings. The zero-order valence-electron chi connectivity index (χ0n) is 11.2. The van der Waals surface area contributed by atoms with Gasteiger partial charge in [0.25, 0.3) is 0 Å². The summed E-state index contributed by atoms with van der Waals surface area (Å²) in [6.07, 6.45) is 2.08. The molecule has 1 amide bonds. The van der Waals surface area contributed by atoms with E-state index in [1.54, 1.807) is 6.92 Å². The standard InChI is InChI=1S/C12H22N2O3S/c1-4-7-8-9(15)14-10(11(13)18-6-3)12(16)17-5-2/h4-8,13H2,1-3H3,(H,14,15). The van der Waals surface area contributed by atoms with Gasteiger partial charge in [-0.1, -0.05) is 20.3 Å². The summed E-state index contributed by atoms with van der Waals surface area (Å²) in [6, 6.07) is 0. The van der Waals surface area contributed by atoms with Crippen molar-refractivity contribution in [3.8, 4) is 0 Å². The SMILES string of the molecule is CCCCC(=O)NC(C(=O)OCC)=C(N)SCC. The Labute approximate surface area is 113 Å². The number of amides is 1. The highest BCUT2D eigenvalue weighted by Crippen LogP contribution is 2.13. The van der Waals surface area contributed by atoms with E-state index in [0.717, 1.165) is 18.6 Å². The molecule has 0 aliphatic rings. The summed E-state index contributed by atoms with van der Waals surface area (Å²) in [5, 5.41) is 2.83. The molecular weight excluding hydrogens is 252 g/mol. The molecule has 0 aliphatic heterocycles. The molecule has 0 heterocycles. The minimum absolute atomic E-state index is 0.0600. The molecule has 0 aliphatic carbocycles. The maximum Gasteiger partial charge on any atom is 0.357 e. The summed E-state index contributed by atoms with van der Waals surface area (Å²) in [7, 11) is 0. The maximum atomic E-state index is 11.7. The molecule has 0 radical (unpaired) electrons. The molecule has 0 aromatic heterocycles. The average Bonchev–Trinajstić information content (AvgIpc) is 2.33. The molecule has 3 N–H and O–H groups in total. The highest BCUT2D eigenvalue weighted by atomic mass is 32.2. The molecule has 0 rings (SSSR count). The van der Waals surface area contributed by atoms with Gasteiger partial charge >= 0.3 is 5.97 Å². The van der Waals surface area contributed by atoms with Crippen LogP contribution in [0.1, 0.15) is 40.0 Å². The summed E-state index contributed by atoms with van der Waals surface area (Å²) in [4.78, 5) is 23.3. The van der Waals surface area contributed by atoms with Gasteiger partial charge in [-0.2, -0.15) is 0 Å². The van der Waals surface area contributed by atoms with E-state index in [1.165, 1.54) is 11.8 Å². The second kappa shape index (κ2) is 9.82.